The third-order valence-corrected chi connectivity index (χ3v) is 5.06. The van der Waals surface area contributed by atoms with Crippen molar-refractivity contribution in [3.05, 3.63) is 45.9 Å². The Morgan fingerprint density at radius 2 is 1.90 bits per heavy atom. The normalized spacial score (nSPS) is 12.8. The maximum absolute atomic E-state index is 12.3. The minimum atomic E-state index is -4.37. The highest BCUT2D eigenvalue weighted by Crippen LogP contribution is 2.24. The fourth-order valence-electron chi connectivity index (χ4n) is 2.49. The van der Waals surface area contributed by atoms with Crippen LogP contribution in [0.5, 0.6) is 0 Å². The average molecular weight is 457 g/mol. The van der Waals surface area contributed by atoms with Gasteiger partial charge < -0.3 is 15.8 Å². The minimum Gasteiger partial charge on any atom is -0.444 e. The summed E-state index contributed by atoms with van der Waals surface area (Å²) in [6.07, 6.45) is -0.301. The van der Waals surface area contributed by atoms with E-state index >= 15 is 0 Å². The molecule has 2 amide bonds. The number of nitrogens with two attached hydrogens (primary N) is 1. The Kier molecular flexibility index (Phi) is 7.39. The zero-order chi connectivity index (χ0) is 22.5. The SMILES string of the molecule is CC(C)(C)OC(=O)N[C@@H](Cc1ccc(NS(=O)(=O)O)cc1)c1nc(CC(N)=O)cs1. The number of hydrogen-bond donors (Lipinski definition) is 4. The van der Waals surface area contributed by atoms with Crippen LogP contribution in [0.15, 0.2) is 29.6 Å². The standard InChI is InChI=1S/C18H24N4O6S2/c1-18(2,3)28-17(24)21-14(16-20-13(10-29-16)9-15(19)23)8-11-4-6-12(7-5-11)22-30(25,26)27/h4-7,10,14,22H,8-9H2,1-3H3,(H2,19,23)(H,21,24)(H,25,26,27)/t14-/m0/s1. The molecule has 0 bridgehead atoms. The van der Waals surface area contributed by atoms with E-state index in [1.54, 1.807) is 38.3 Å². The third-order valence-electron chi connectivity index (χ3n) is 3.55. The number of alkyl carbamates (subject to hydrolysis) is 1. The Balaban J connectivity index is 2.21. The molecule has 0 saturated carbocycles. The zero-order valence-electron chi connectivity index (χ0n) is 16.7. The monoisotopic (exact) mass is 456 g/mol. The Bertz CT molecular complexity index is 996. The summed E-state index contributed by atoms with van der Waals surface area (Å²) in [7, 11) is -4.37. The van der Waals surface area contributed by atoms with E-state index in [1.165, 1.54) is 23.5 Å². The fraction of sp³-hybridized carbons (Fsp3) is 0.389. The highest BCUT2D eigenvalue weighted by atomic mass is 32.2. The molecule has 2 rings (SSSR count). The lowest BCUT2D eigenvalue weighted by Gasteiger charge is -2.23. The molecule has 5 N–H and O–H groups in total. The Morgan fingerprint density at radius 3 is 2.43 bits per heavy atom. The summed E-state index contributed by atoms with van der Waals surface area (Å²) in [4.78, 5) is 27.8. The van der Waals surface area contributed by atoms with Crippen molar-refractivity contribution < 1.29 is 27.3 Å². The molecule has 30 heavy (non-hydrogen) atoms. The van der Waals surface area contributed by atoms with Gasteiger partial charge in [0, 0.05) is 5.38 Å². The van der Waals surface area contributed by atoms with Gasteiger partial charge in [0.15, 0.2) is 0 Å². The van der Waals surface area contributed by atoms with Gasteiger partial charge in [-0.3, -0.25) is 14.1 Å². The third kappa shape index (κ3) is 8.35. The maximum Gasteiger partial charge on any atom is 0.408 e. The van der Waals surface area contributed by atoms with Crippen molar-refractivity contribution in [3.8, 4) is 0 Å². The number of carbonyl (C=O) groups excluding carboxylic acids is 2. The fourth-order valence-corrected chi connectivity index (χ4v) is 3.79. The molecule has 0 aliphatic rings. The lowest BCUT2D eigenvalue weighted by Crippen LogP contribution is -2.35. The van der Waals surface area contributed by atoms with E-state index in [9.17, 15) is 18.0 Å². The summed E-state index contributed by atoms with van der Waals surface area (Å²) in [5.74, 6) is -0.509. The predicted molar refractivity (Wildman–Crippen MR) is 112 cm³/mol. The number of thiazole rings is 1. The number of carbonyl (C=O) groups is 2. The van der Waals surface area contributed by atoms with Crippen LogP contribution in [-0.2, 0) is 32.7 Å². The lowest BCUT2D eigenvalue weighted by atomic mass is 10.1. The molecule has 2 aromatic rings. The van der Waals surface area contributed by atoms with Crippen LogP contribution in [0.3, 0.4) is 0 Å². The van der Waals surface area contributed by atoms with E-state index < -0.39 is 33.9 Å². The first-order valence-corrected chi connectivity index (χ1v) is 11.2. The van der Waals surface area contributed by atoms with E-state index in [-0.39, 0.29) is 12.1 Å². The molecule has 0 spiro atoms. The Hall–Kier alpha value is -2.70. The van der Waals surface area contributed by atoms with Gasteiger partial charge in [-0.15, -0.1) is 11.3 Å². The van der Waals surface area contributed by atoms with Crippen LogP contribution in [0.2, 0.25) is 0 Å². The molecule has 1 aromatic heterocycles. The number of nitrogens with one attached hydrogen (secondary N) is 2. The maximum atomic E-state index is 12.3. The van der Waals surface area contributed by atoms with Gasteiger partial charge in [0.25, 0.3) is 0 Å². The van der Waals surface area contributed by atoms with Gasteiger partial charge in [-0.1, -0.05) is 12.1 Å². The van der Waals surface area contributed by atoms with Gasteiger partial charge in [-0.05, 0) is 44.9 Å². The minimum absolute atomic E-state index is 0.00828. The zero-order valence-corrected chi connectivity index (χ0v) is 18.3. The first kappa shape index (κ1) is 23.6. The summed E-state index contributed by atoms with van der Waals surface area (Å²) in [6.45, 7) is 5.24. The number of aromatic nitrogens is 1. The summed E-state index contributed by atoms with van der Waals surface area (Å²) in [6, 6.07) is 5.71. The number of amides is 2. The molecule has 0 saturated heterocycles. The highest BCUT2D eigenvalue weighted by Gasteiger charge is 2.23. The number of primary amides is 1. The van der Waals surface area contributed by atoms with Crippen LogP contribution in [-0.4, -0.2) is 35.6 Å². The molecule has 0 fully saturated rings. The van der Waals surface area contributed by atoms with Gasteiger partial charge in [0.05, 0.1) is 23.8 Å². The molecule has 12 heteroatoms. The van der Waals surface area contributed by atoms with Gasteiger partial charge in [-0.2, -0.15) is 8.42 Å². The lowest BCUT2D eigenvalue weighted by molar-refractivity contribution is -0.117. The number of rotatable bonds is 8. The number of nitrogens with zero attached hydrogens (tertiary/aromatic N) is 1. The van der Waals surface area contributed by atoms with Gasteiger partial charge in [-0.25, -0.2) is 9.78 Å². The second-order valence-corrected chi connectivity index (χ2v) is 9.54. The quantitative estimate of drug-likeness (QED) is 0.443. The molecule has 1 aromatic carbocycles. The molecule has 0 radical (unpaired) electrons. The Labute approximate surface area is 178 Å². The van der Waals surface area contributed by atoms with Crippen LogP contribution < -0.4 is 15.8 Å². The average Bonchev–Trinajstić information content (AvgIpc) is 3.00. The number of anilines is 1. The van der Waals surface area contributed by atoms with Crippen molar-refractivity contribution in [2.75, 3.05) is 4.72 Å². The van der Waals surface area contributed by atoms with Crippen molar-refractivity contribution in [2.45, 2.75) is 45.3 Å². The largest absolute Gasteiger partial charge is 0.444 e. The predicted octanol–water partition coefficient (Wildman–Crippen LogP) is 2.19. The second-order valence-electron chi connectivity index (χ2n) is 7.50. The second kappa shape index (κ2) is 9.41. The summed E-state index contributed by atoms with van der Waals surface area (Å²) < 4.78 is 37.9. The van der Waals surface area contributed by atoms with E-state index in [0.717, 1.165) is 5.56 Å². The van der Waals surface area contributed by atoms with Crippen LogP contribution in [0.1, 0.15) is 43.1 Å². The molecule has 10 nitrogen and oxygen atoms in total. The molecule has 1 heterocycles. The molecule has 1 atom stereocenters. The van der Waals surface area contributed by atoms with Gasteiger partial charge in [0.1, 0.15) is 10.6 Å². The molecule has 0 aliphatic carbocycles. The summed E-state index contributed by atoms with van der Waals surface area (Å²) in [5.41, 5.74) is 5.99. The van der Waals surface area contributed by atoms with Crippen molar-refractivity contribution in [2.24, 2.45) is 5.73 Å². The van der Waals surface area contributed by atoms with E-state index in [0.29, 0.717) is 17.1 Å². The van der Waals surface area contributed by atoms with Crippen LogP contribution in [0, 0.1) is 0 Å². The summed E-state index contributed by atoms with van der Waals surface area (Å²) >= 11 is 1.28. The smallest absolute Gasteiger partial charge is 0.408 e. The molecule has 0 aliphatic heterocycles. The van der Waals surface area contributed by atoms with Crippen molar-refractivity contribution in [3.63, 3.8) is 0 Å². The van der Waals surface area contributed by atoms with Crippen molar-refractivity contribution in [1.82, 2.24) is 10.3 Å². The first-order chi connectivity index (χ1) is 13.8. The van der Waals surface area contributed by atoms with Crippen molar-refractivity contribution >= 4 is 39.3 Å². The first-order valence-electron chi connectivity index (χ1n) is 8.87. The molecule has 0 unspecified atom stereocenters. The molecule has 164 valence electrons. The van der Waals surface area contributed by atoms with Gasteiger partial charge in [0.2, 0.25) is 5.91 Å². The van der Waals surface area contributed by atoms with Crippen LogP contribution in [0.4, 0.5) is 10.5 Å². The topological polar surface area (TPSA) is 161 Å². The van der Waals surface area contributed by atoms with E-state index in [1.807, 2.05) is 4.72 Å². The molecular formula is C18H24N4O6S2. The Morgan fingerprint density at radius 1 is 1.27 bits per heavy atom. The van der Waals surface area contributed by atoms with Crippen LogP contribution in [0.25, 0.3) is 0 Å². The van der Waals surface area contributed by atoms with Crippen LogP contribution >= 0.6 is 11.3 Å². The summed E-state index contributed by atoms with van der Waals surface area (Å²) in [5, 5.41) is 5.04. The van der Waals surface area contributed by atoms with E-state index in [4.69, 9.17) is 15.0 Å². The van der Waals surface area contributed by atoms with E-state index in [2.05, 4.69) is 10.3 Å². The number of benzene rings is 1. The van der Waals surface area contributed by atoms with Gasteiger partial charge >= 0.3 is 16.4 Å². The highest BCUT2D eigenvalue weighted by molar-refractivity contribution is 7.87. The van der Waals surface area contributed by atoms with Crippen molar-refractivity contribution in [1.29, 1.82) is 0 Å². The number of ether oxygens (including phenoxy) is 1. The number of hydrogen-bond acceptors (Lipinski definition) is 7. The molecular weight excluding hydrogens is 432 g/mol.